The maximum absolute atomic E-state index is 2.71. The van der Waals surface area contributed by atoms with Crippen LogP contribution >= 0.6 is 0 Å². The van der Waals surface area contributed by atoms with Crippen molar-refractivity contribution in [2.24, 2.45) is 23.7 Å². The lowest BCUT2D eigenvalue weighted by atomic mass is 9.97. The number of hydrogen-bond acceptors (Lipinski definition) is 2. The van der Waals surface area contributed by atoms with Gasteiger partial charge in [0.25, 0.3) is 0 Å². The van der Waals surface area contributed by atoms with Crippen LogP contribution in [0.5, 0.6) is 0 Å². The Morgan fingerprint density at radius 2 is 1.35 bits per heavy atom. The maximum Gasteiger partial charge on any atom is 0.0438 e. The van der Waals surface area contributed by atoms with Gasteiger partial charge in [0.15, 0.2) is 0 Å². The van der Waals surface area contributed by atoms with Gasteiger partial charge in [-0.2, -0.15) is 0 Å². The molecule has 2 heteroatoms. The highest BCUT2D eigenvalue weighted by molar-refractivity contribution is 5.71. The van der Waals surface area contributed by atoms with Crippen LogP contribution in [0.15, 0.2) is 66.2 Å². The Morgan fingerprint density at radius 1 is 0.731 bits per heavy atom. The summed E-state index contributed by atoms with van der Waals surface area (Å²) in [5, 5.41) is 0. The van der Waals surface area contributed by atoms with Crippen molar-refractivity contribution < 1.29 is 0 Å². The van der Waals surface area contributed by atoms with Crippen LogP contribution < -0.4 is 4.90 Å². The van der Waals surface area contributed by atoms with E-state index in [1.165, 1.54) is 24.1 Å². The molecule has 4 aliphatic carbocycles. The molecular formula is C24H26N2. The summed E-state index contributed by atoms with van der Waals surface area (Å²) in [5.41, 5.74) is 6.26. The first-order chi connectivity index (χ1) is 12.9. The fraction of sp³-hybridized carbons (Fsp3) is 0.417. The summed E-state index contributed by atoms with van der Waals surface area (Å²) in [6.45, 7) is 4.51. The molecule has 5 aliphatic rings. The molecule has 0 amide bonds. The van der Waals surface area contributed by atoms with Crippen LogP contribution in [-0.2, 0) is 0 Å². The molecule has 0 aromatic heterocycles. The summed E-state index contributed by atoms with van der Waals surface area (Å²) in [6.07, 6.45) is 2.95. The van der Waals surface area contributed by atoms with E-state index in [4.69, 9.17) is 0 Å². The molecule has 4 saturated carbocycles. The number of nitrogens with zero attached hydrogens (tertiary/aromatic N) is 2. The minimum atomic E-state index is 0.886. The highest BCUT2D eigenvalue weighted by atomic mass is 15.3. The van der Waals surface area contributed by atoms with Gasteiger partial charge in [-0.1, -0.05) is 48.5 Å². The predicted octanol–water partition coefficient (Wildman–Crippen LogP) is 4.51. The smallest absolute Gasteiger partial charge is 0.0438 e. The molecule has 2 atom stereocenters. The Labute approximate surface area is 156 Å². The van der Waals surface area contributed by atoms with E-state index < -0.39 is 0 Å². The van der Waals surface area contributed by atoms with E-state index in [9.17, 15) is 0 Å². The zero-order valence-electron chi connectivity index (χ0n) is 15.2. The first-order valence-electron chi connectivity index (χ1n) is 10.2. The summed E-state index contributed by atoms with van der Waals surface area (Å²) in [5.74, 6) is 3.90. The third-order valence-electron chi connectivity index (χ3n) is 7.28. The normalized spacial score (nSPS) is 33.5. The zero-order chi connectivity index (χ0) is 17.1. The first-order valence-corrected chi connectivity index (χ1v) is 10.2. The van der Waals surface area contributed by atoms with Crippen LogP contribution in [0, 0.1) is 23.7 Å². The van der Waals surface area contributed by atoms with Crippen molar-refractivity contribution in [1.29, 1.82) is 0 Å². The van der Waals surface area contributed by atoms with Crippen molar-refractivity contribution in [3.63, 3.8) is 0 Å². The van der Waals surface area contributed by atoms with E-state index in [-0.39, 0.29) is 0 Å². The topological polar surface area (TPSA) is 6.48 Å². The van der Waals surface area contributed by atoms with Gasteiger partial charge in [0.2, 0.25) is 0 Å². The SMILES string of the molecule is c1ccc(/C(=C2/C3CC4C(C3)C24)N2CCN(c3ccccc3)CC2)cc1. The minimum Gasteiger partial charge on any atom is -0.368 e. The predicted molar refractivity (Wildman–Crippen MR) is 107 cm³/mol. The second-order valence-electron chi connectivity index (χ2n) is 8.50. The van der Waals surface area contributed by atoms with Gasteiger partial charge in [-0.3, -0.25) is 0 Å². The molecule has 2 aromatic rings. The van der Waals surface area contributed by atoms with Crippen LogP contribution in [0.4, 0.5) is 5.69 Å². The number of rotatable bonds is 3. The highest BCUT2D eigenvalue weighted by Gasteiger charge is 2.66. The van der Waals surface area contributed by atoms with Crippen molar-refractivity contribution in [3.8, 4) is 0 Å². The number of piperazine rings is 1. The number of allylic oxidation sites excluding steroid dienone is 1. The molecule has 2 nitrogen and oxygen atoms in total. The van der Waals surface area contributed by atoms with Gasteiger partial charge in [0.05, 0.1) is 0 Å². The van der Waals surface area contributed by atoms with E-state index in [1.54, 1.807) is 5.70 Å². The second-order valence-corrected chi connectivity index (χ2v) is 8.50. The summed E-state index contributed by atoms with van der Waals surface area (Å²) in [4.78, 5) is 5.25. The Hall–Kier alpha value is -2.22. The average molecular weight is 342 g/mol. The molecule has 132 valence electrons. The summed E-state index contributed by atoms with van der Waals surface area (Å²) in [6, 6.07) is 22.1. The zero-order valence-corrected chi connectivity index (χ0v) is 15.2. The van der Waals surface area contributed by atoms with Crippen LogP contribution in [0.3, 0.4) is 0 Å². The van der Waals surface area contributed by atoms with Gasteiger partial charge >= 0.3 is 0 Å². The monoisotopic (exact) mass is 342 g/mol. The van der Waals surface area contributed by atoms with Crippen molar-refractivity contribution in [1.82, 2.24) is 4.90 Å². The molecule has 0 spiro atoms. The third kappa shape index (κ3) is 2.17. The Balaban J connectivity index is 1.31. The average Bonchev–Trinajstić information content (AvgIpc) is 3.06. The number of benzene rings is 2. The molecule has 1 aliphatic heterocycles. The lowest BCUT2D eigenvalue weighted by Crippen LogP contribution is -2.45. The van der Waals surface area contributed by atoms with Crippen LogP contribution in [0.1, 0.15) is 18.4 Å². The van der Waals surface area contributed by atoms with Crippen molar-refractivity contribution >= 4 is 11.4 Å². The minimum absolute atomic E-state index is 0.886. The summed E-state index contributed by atoms with van der Waals surface area (Å²) >= 11 is 0. The van der Waals surface area contributed by atoms with Crippen LogP contribution in [-0.4, -0.2) is 31.1 Å². The van der Waals surface area contributed by atoms with E-state index >= 15 is 0 Å². The molecule has 1 heterocycles. The molecule has 0 N–H and O–H groups in total. The van der Waals surface area contributed by atoms with Crippen LogP contribution in [0.25, 0.3) is 5.70 Å². The van der Waals surface area contributed by atoms with E-state index in [2.05, 4.69) is 70.5 Å². The van der Waals surface area contributed by atoms with Crippen molar-refractivity contribution in [2.45, 2.75) is 12.8 Å². The number of para-hydroxylation sites is 1. The van der Waals surface area contributed by atoms with E-state index in [0.29, 0.717) is 0 Å². The van der Waals surface area contributed by atoms with Gasteiger partial charge in [0.1, 0.15) is 0 Å². The van der Waals surface area contributed by atoms with Gasteiger partial charge in [-0.15, -0.1) is 0 Å². The fourth-order valence-electron chi connectivity index (χ4n) is 6.13. The lowest BCUT2D eigenvalue weighted by molar-refractivity contribution is 0.363. The largest absolute Gasteiger partial charge is 0.368 e. The van der Waals surface area contributed by atoms with E-state index in [1.807, 2.05) is 5.57 Å². The van der Waals surface area contributed by atoms with Crippen molar-refractivity contribution in [3.05, 3.63) is 71.8 Å². The molecule has 0 radical (unpaired) electrons. The van der Waals surface area contributed by atoms with Gasteiger partial charge in [0, 0.05) is 37.6 Å². The van der Waals surface area contributed by atoms with Gasteiger partial charge in [-0.25, -0.2) is 0 Å². The van der Waals surface area contributed by atoms with Gasteiger partial charge < -0.3 is 9.80 Å². The first kappa shape index (κ1) is 14.9. The molecule has 4 bridgehead atoms. The third-order valence-corrected chi connectivity index (χ3v) is 7.28. The molecule has 7 rings (SSSR count). The van der Waals surface area contributed by atoms with E-state index in [0.717, 1.165) is 49.9 Å². The number of hydrogen-bond donors (Lipinski definition) is 0. The molecule has 1 saturated heterocycles. The Morgan fingerprint density at radius 3 is 1.92 bits per heavy atom. The maximum atomic E-state index is 2.71. The summed E-state index contributed by atoms with van der Waals surface area (Å²) < 4.78 is 0. The standard InChI is InChI=1S/C24H26N2/c1-3-7-17(8-4-1)24(22-18-15-20-21(16-18)23(20)22)26-13-11-25(12-14-26)19-9-5-2-6-10-19/h1-10,18,20-21,23H,11-16H2/b24-22+. The highest BCUT2D eigenvalue weighted by Crippen LogP contribution is 2.74. The molecule has 2 unspecified atom stereocenters. The lowest BCUT2D eigenvalue weighted by Gasteiger charge is -2.39. The quantitative estimate of drug-likeness (QED) is 0.810. The molecule has 26 heavy (non-hydrogen) atoms. The molecule has 5 fully saturated rings. The van der Waals surface area contributed by atoms with Crippen LogP contribution in [0.2, 0.25) is 0 Å². The fourth-order valence-corrected chi connectivity index (χ4v) is 6.13. The molecule has 2 aromatic carbocycles. The summed E-state index contributed by atoms with van der Waals surface area (Å²) in [7, 11) is 0. The Kier molecular flexibility index (Phi) is 3.23. The Bertz CT molecular complexity index is 817. The second kappa shape index (κ2) is 5.64. The van der Waals surface area contributed by atoms with Crippen molar-refractivity contribution in [2.75, 3.05) is 31.1 Å². The molecular weight excluding hydrogens is 316 g/mol. The number of anilines is 1. The van der Waals surface area contributed by atoms with Gasteiger partial charge in [-0.05, 0) is 59.8 Å².